The van der Waals surface area contributed by atoms with E-state index < -0.39 is 45.2 Å². The smallest absolute Gasteiger partial charge is 0.352 e. The third-order valence-electron chi connectivity index (χ3n) is 5.20. The van der Waals surface area contributed by atoms with Gasteiger partial charge in [-0.25, -0.2) is 13.4 Å². The van der Waals surface area contributed by atoms with Crippen molar-refractivity contribution < 1.29 is 31.2 Å². The van der Waals surface area contributed by atoms with Crippen LogP contribution in [-0.4, -0.2) is 53.8 Å². The molecule has 1 aliphatic carbocycles. The SMILES string of the molecule is Cn1nccc1-c1cc2sc(C(C(=O)NCC(=O)NC3CC3)S(C)(=O)=O)nc2cc1C(F)(F)F. The number of aryl methyl sites for hydroxylation is 1. The first-order valence-corrected chi connectivity index (χ1v) is 12.9. The van der Waals surface area contributed by atoms with Crippen molar-refractivity contribution in [1.82, 2.24) is 25.4 Å². The van der Waals surface area contributed by atoms with Crippen molar-refractivity contribution in [2.75, 3.05) is 12.8 Å². The second-order valence-corrected chi connectivity index (χ2v) is 11.2. The van der Waals surface area contributed by atoms with Gasteiger partial charge in [0.1, 0.15) is 5.01 Å². The number of carbonyl (C=O) groups excluding carboxylic acids is 2. The van der Waals surface area contributed by atoms with E-state index in [9.17, 15) is 31.2 Å². The molecule has 0 aliphatic heterocycles. The summed E-state index contributed by atoms with van der Waals surface area (Å²) in [7, 11) is -2.55. The van der Waals surface area contributed by atoms with Crippen molar-refractivity contribution in [2.24, 2.45) is 7.05 Å². The van der Waals surface area contributed by atoms with Gasteiger partial charge in [-0.15, -0.1) is 11.3 Å². The Morgan fingerprint density at radius 1 is 1.29 bits per heavy atom. The Hall–Kier alpha value is -3.00. The van der Waals surface area contributed by atoms with E-state index in [1.54, 1.807) is 0 Å². The maximum Gasteiger partial charge on any atom is 0.417 e. The summed E-state index contributed by atoms with van der Waals surface area (Å²) >= 11 is 0.803. The Bertz CT molecular complexity index is 1380. The van der Waals surface area contributed by atoms with Crippen LogP contribution < -0.4 is 10.6 Å². The number of sulfone groups is 1. The average molecular weight is 516 g/mol. The lowest BCUT2D eigenvalue weighted by molar-refractivity contribution is -0.137. The predicted octanol–water partition coefficient (Wildman–Crippen LogP) is 2.20. The lowest BCUT2D eigenvalue weighted by Gasteiger charge is -2.13. The van der Waals surface area contributed by atoms with Gasteiger partial charge in [0.05, 0.1) is 28.0 Å². The Balaban J connectivity index is 1.72. The monoisotopic (exact) mass is 515 g/mol. The molecule has 2 N–H and O–H groups in total. The van der Waals surface area contributed by atoms with Gasteiger partial charge in [0.15, 0.2) is 15.1 Å². The van der Waals surface area contributed by atoms with Gasteiger partial charge in [-0.3, -0.25) is 14.3 Å². The molecule has 1 aromatic carbocycles. The lowest BCUT2D eigenvalue weighted by atomic mass is 10.0. The quantitative estimate of drug-likeness (QED) is 0.497. The molecule has 1 fully saturated rings. The van der Waals surface area contributed by atoms with Gasteiger partial charge in [0.2, 0.25) is 11.8 Å². The molecule has 2 aromatic heterocycles. The number of nitrogens with one attached hydrogen (secondary N) is 2. The normalized spacial score (nSPS) is 15.3. The van der Waals surface area contributed by atoms with Crippen LogP contribution in [-0.2, 0) is 32.7 Å². The number of alkyl halides is 3. The number of aromatic nitrogens is 3. The molecule has 1 aliphatic rings. The summed E-state index contributed by atoms with van der Waals surface area (Å²) in [5, 5.41) is 6.91. The van der Waals surface area contributed by atoms with E-state index in [1.807, 2.05) is 0 Å². The molecule has 0 bridgehead atoms. The Morgan fingerprint density at radius 3 is 2.56 bits per heavy atom. The molecule has 1 saturated carbocycles. The first-order chi connectivity index (χ1) is 15.8. The van der Waals surface area contributed by atoms with Crippen LogP contribution in [0.15, 0.2) is 24.4 Å². The van der Waals surface area contributed by atoms with E-state index >= 15 is 0 Å². The van der Waals surface area contributed by atoms with Crippen LogP contribution in [0, 0.1) is 0 Å². The van der Waals surface area contributed by atoms with Gasteiger partial charge in [-0.1, -0.05) is 0 Å². The number of thiazole rings is 1. The molecule has 4 rings (SSSR count). The largest absolute Gasteiger partial charge is 0.417 e. The summed E-state index contributed by atoms with van der Waals surface area (Å²) in [6.07, 6.45) is -0.826. The summed E-state index contributed by atoms with van der Waals surface area (Å²) < 4.78 is 67.8. The van der Waals surface area contributed by atoms with Crippen LogP contribution >= 0.6 is 11.3 Å². The summed E-state index contributed by atoms with van der Waals surface area (Å²) in [5.74, 6) is -1.43. The van der Waals surface area contributed by atoms with Gasteiger partial charge in [-0.2, -0.15) is 18.3 Å². The van der Waals surface area contributed by atoms with Crippen LogP contribution in [0.4, 0.5) is 13.2 Å². The highest BCUT2D eigenvalue weighted by Crippen LogP contribution is 2.41. The van der Waals surface area contributed by atoms with Crippen LogP contribution in [0.3, 0.4) is 0 Å². The second kappa shape index (κ2) is 8.65. The number of halogens is 3. The molecule has 14 heteroatoms. The van der Waals surface area contributed by atoms with Gasteiger partial charge >= 0.3 is 6.18 Å². The zero-order valence-corrected chi connectivity index (χ0v) is 19.6. The number of nitrogens with zero attached hydrogens (tertiary/aromatic N) is 3. The number of carbonyl (C=O) groups is 2. The fourth-order valence-corrected chi connectivity index (χ4v) is 5.97. The minimum atomic E-state index is -4.71. The van der Waals surface area contributed by atoms with Crippen molar-refractivity contribution >= 4 is 43.2 Å². The number of hydrogen-bond acceptors (Lipinski definition) is 7. The lowest BCUT2D eigenvalue weighted by Crippen LogP contribution is -2.41. The standard InChI is InChI=1S/C20H20F3N5O4S2/c1-28-14(5-6-25-28)11-7-15-13(8-12(11)20(21,22)23)27-19(33-15)17(34(2,31)32)18(30)24-9-16(29)26-10-3-4-10/h5-8,10,17H,3-4,9H2,1-2H3,(H,24,30)(H,26,29). The first-order valence-electron chi connectivity index (χ1n) is 10.1. The minimum Gasteiger partial charge on any atom is -0.352 e. The number of hydrogen-bond donors (Lipinski definition) is 2. The number of rotatable bonds is 7. The highest BCUT2D eigenvalue weighted by Gasteiger charge is 2.37. The highest BCUT2D eigenvalue weighted by molar-refractivity contribution is 7.91. The third kappa shape index (κ3) is 5.06. The first kappa shape index (κ1) is 24.1. The molecule has 2 amide bonds. The van der Waals surface area contributed by atoms with Crippen molar-refractivity contribution in [3.63, 3.8) is 0 Å². The van der Waals surface area contributed by atoms with Gasteiger partial charge < -0.3 is 10.6 Å². The highest BCUT2D eigenvalue weighted by atomic mass is 32.2. The molecule has 3 aromatic rings. The molecular formula is C20H20F3N5O4S2. The molecule has 182 valence electrons. The zero-order valence-electron chi connectivity index (χ0n) is 18.0. The summed E-state index contributed by atoms with van der Waals surface area (Å²) in [6.45, 7) is -0.422. The number of fused-ring (bicyclic) bond motifs is 1. The molecule has 9 nitrogen and oxygen atoms in total. The van der Waals surface area contributed by atoms with Crippen LogP contribution in [0.25, 0.3) is 21.5 Å². The van der Waals surface area contributed by atoms with Crippen molar-refractivity contribution in [3.8, 4) is 11.3 Å². The Kier molecular flexibility index (Phi) is 6.14. The second-order valence-electron chi connectivity index (χ2n) is 8.02. The van der Waals surface area contributed by atoms with Crippen LogP contribution in [0.5, 0.6) is 0 Å². The zero-order chi connectivity index (χ0) is 24.8. The fraction of sp³-hybridized carbons (Fsp3) is 0.400. The summed E-state index contributed by atoms with van der Waals surface area (Å²) in [5.41, 5.74) is -0.987. The summed E-state index contributed by atoms with van der Waals surface area (Å²) in [4.78, 5) is 28.6. The van der Waals surface area contributed by atoms with E-state index in [0.29, 0.717) is 0 Å². The number of benzene rings is 1. The maximum absolute atomic E-state index is 13.8. The van der Waals surface area contributed by atoms with Gasteiger partial charge in [-0.05, 0) is 31.0 Å². The molecular weight excluding hydrogens is 495 g/mol. The van der Waals surface area contributed by atoms with Gasteiger partial charge in [0.25, 0.3) is 0 Å². The van der Waals surface area contributed by atoms with Crippen molar-refractivity contribution in [2.45, 2.75) is 30.3 Å². The molecule has 1 unspecified atom stereocenters. The average Bonchev–Trinajstić information content (AvgIpc) is 3.26. The number of amides is 2. The minimum absolute atomic E-state index is 0.0656. The Morgan fingerprint density at radius 2 is 2.00 bits per heavy atom. The van der Waals surface area contributed by atoms with E-state index in [1.165, 1.54) is 30.1 Å². The molecule has 2 heterocycles. The molecule has 0 radical (unpaired) electrons. The molecule has 0 spiro atoms. The van der Waals surface area contributed by atoms with E-state index in [2.05, 4.69) is 20.7 Å². The molecule has 0 saturated heterocycles. The summed E-state index contributed by atoms with van der Waals surface area (Å²) in [6, 6.07) is 3.59. The Labute approximate surface area is 196 Å². The molecule has 34 heavy (non-hydrogen) atoms. The van der Waals surface area contributed by atoms with Crippen molar-refractivity contribution in [1.29, 1.82) is 0 Å². The predicted molar refractivity (Wildman–Crippen MR) is 119 cm³/mol. The van der Waals surface area contributed by atoms with E-state index in [-0.39, 0.29) is 32.5 Å². The maximum atomic E-state index is 13.8. The van der Waals surface area contributed by atoms with Crippen LogP contribution in [0.2, 0.25) is 0 Å². The van der Waals surface area contributed by atoms with Crippen molar-refractivity contribution in [3.05, 3.63) is 35.0 Å². The van der Waals surface area contributed by atoms with Crippen LogP contribution in [0.1, 0.15) is 28.7 Å². The topological polar surface area (TPSA) is 123 Å². The van der Waals surface area contributed by atoms with E-state index in [0.717, 1.165) is 36.5 Å². The van der Waals surface area contributed by atoms with E-state index in [4.69, 9.17) is 0 Å². The third-order valence-corrected chi connectivity index (χ3v) is 7.73. The molecule has 1 atom stereocenters. The van der Waals surface area contributed by atoms with Gasteiger partial charge in [0, 0.05) is 31.1 Å². The fourth-order valence-electron chi connectivity index (χ4n) is 3.44.